The zero-order valence-electron chi connectivity index (χ0n) is 18.8. The summed E-state index contributed by atoms with van der Waals surface area (Å²) in [4.78, 5) is 4.89. The van der Waals surface area contributed by atoms with Crippen LogP contribution in [-0.4, -0.2) is 69.2 Å². The second-order valence-electron chi connectivity index (χ2n) is 8.68. The average Bonchev–Trinajstić information content (AvgIpc) is 3.50. The van der Waals surface area contributed by atoms with Crippen LogP contribution >= 0.6 is 23.4 Å². The molecule has 3 aromatic rings. The molecule has 0 amide bonds. The molecule has 0 aliphatic carbocycles. The van der Waals surface area contributed by atoms with E-state index in [9.17, 15) is 0 Å². The molecule has 174 valence electrons. The molecule has 2 aliphatic rings. The summed E-state index contributed by atoms with van der Waals surface area (Å²) in [5.74, 6) is 1.85. The summed E-state index contributed by atoms with van der Waals surface area (Å²) in [6.45, 7) is 6.52. The van der Waals surface area contributed by atoms with E-state index in [4.69, 9.17) is 16.3 Å². The van der Waals surface area contributed by atoms with Gasteiger partial charge in [-0.05, 0) is 49.7 Å². The van der Waals surface area contributed by atoms with Gasteiger partial charge in [-0.15, -0.1) is 10.2 Å². The highest BCUT2D eigenvalue weighted by Crippen LogP contribution is 2.26. The summed E-state index contributed by atoms with van der Waals surface area (Å²) in [6, 6.07) is 18.5. The minimum Gasteiger partial charge on any atom is -0.375 e. The summed E-state index contributed by atoms with van der Waals surface area (Å²) in [7, 11) is 0. The zero-order valence-corrected chi connectivity index (χ0v) is 20.3. The van der Waals surface area contributed by atoms with Gasteiger partial charge in [0.15, 0.2) is 11.0 Å². The van der Waals surface area contributed by atoms with E-state index >= 15 is 0 Å². The first-order chi connectivity index (χ1) is 16.3. The van der Waals surface area contributed by atoms with E-state index < -0.39 is 0 Å². The molecule has 6 nitrogen and oxygen atoms in total. The largest absolute Gasteiger partial charge is 0.375 e. The maximum atomic E-state index is 6.38. The molecule has 3 heterocycles. The fourth-order valence-electron chi connectivity index (χ4n) is 4.53. The molecule has 2 fully saturated rings. The molecule has 8 heteroatoms. The number of morpholine rings is 1. The van der Waals surface area contributed by atoms with E-state index in [1.165, 1.54) is 18.4 Å². The molecule has 0 N–H and O–H groups in total. The lowest BCUT2D eigenvalue weighted by atomic mass is 10.2. The van der Waals surface area contributed by atoms with Crippen molar-refractivity contribution in [1.29, 1.82) is 0 Å². The van der Waals surface area contributed by atoms with Crippen molar-refractivity contribution in [2.75, 3.05) is 38.5 Å². The zero-order chi connectivity index (χ0) is 22.5. The standard InChI is InChI=1S/C25H30ClN5OS/c26-23-11-5-4-8-20(23)16-30-14-15-32-22(17-30)19-33-25-28-27-24(18-29-12-6-7-13-29)31(25)21-9-2-1-3-10-21/h1-5,8-11,22H,6-7,12-19H2/t22-/m1/s1. The Bertz CT molecular complexity index is 1040. The highest BCUT2D eigenvalue weighted by atomic mass is 35.5. The molecule has 0 radical (unpaired) electrons. The maximum Gasteiger partial charge on any atom is 0.195 e. The minimum absolute atomic E-state index is 0.147. The highest BCUT2D eigenvalue weighted by Gasteiger charge is 2.24. The molecule has 5 rings (SSSR count). The Morgan fingerprint density at radius 3 is 2.52 bits per heavy atom. The van der Waals surface area contributed by atoms with Crippen molar-refractivity contribution in [3.8, 4) is 5.69 Å². The average molecular weight is 484 g/mol. The predicted molar refractivity (Wildman–Crippen MR) is 133 cm³/mol. The number of hydrogen-bond donors (Lipinski definition) is 0. The van der Waals surface area contributed by atoms with Crippen molar-refractivity contribution < 1.29 is 4.74 Å². The third-order valence-electron chi connectivity index (χ3n) is 6.25. The Kier molecular flexibility index (Phi) is 7.64. The first-order valence-electron chi connectivity index (χ1n) is 11.7. The van der Waals surface area contributed by atoms with Crippen molar-refractivity contribution in [3.63, 3.8) is 0 Å². The number of likely N-dealkylation sites (tertiary alicyclic amines) is 1. The van der Waals surface area contributed by atoms with Gasteiger partial charge in [-0.3, -0.25) is 14.4 Å². The topological polar surface area (TPSA) is 46.4 Å². The second kappa shape index (κ2) is 11.0. The van der Waals surface area contributed by atoms with Crippen LogP contribution < -0.4 is 0 Å². The molecular formula is C25H30ClN5OS. The Balaban J connectivity index is 1.26. The summed E-state index contributed by atoms with van der Waals surface area (Å²) < 4.78 is 8.31. The second-order valence-corrected chi connectivity index (χ2v) is 10.1. The molecule has 2 saturated heterocycles. The van der Waals surface area contributed by atoms with E-state index in [1.54, 1.807) is 11.8 Å². The van der Waals surface area contributed by atoms with Crippen LogP contribution in [0.5, 0.6) is 0 Å². The molecule has 1 atom stereocenters. The van der Waals surface area contributed by atoms with Crippen LogP contribution in [0.15, 0.2) is 59.8 Å². The Hall–Kier alpha value is -1.90. The Morgan fingerprint density at radius 1 is 0.909 bits per heavy atom. The van der Waals surface area contributed by atoms with Crippen LogP contribution in [0, 0.1) is 0 Å². The van der Waals surface area contributed by atoms with Crippen molar-refractivity contribution in [2.24, 2.45) is 0 Å². The smallest absolute Gasteiger partial charge is 0.195 e. The Morgan fingerprint density at radius 2 is 1.70 bits per heavy atom. The van der Waals surface area contributed by atoms with Crippen molar-refractivity contribution in [1.82, 2.24) is 24.6 Å². The summed E-state index contributed by atoms with van der Waals surface area (Å²) in [5.41, 5.74) is 2.28. The van der Waals surface area contributed by atoms with Gasteiger partial charge in [-0.1, -0.05) is 59.8 Å². The molecule has 0 unspecified atom stereocenters. The molecule has 2 aliphatic heterocycles. The fraction of sp³-hybridized carbons (Fsp3) is 0.440. The van der Waals surface area contributed by atoms with Gasteiger partial charge in [0.2, 0.25) is 0 Å². The fourth-order valence-corrected chi connectivity index (χ4v) is 5.70. The lowest BCUT2D eigenvalue weighted by Crippen LogP contribution is -2.43. The van der Waals surface area contributed by atoms with Gasteiger partial charge in [0, 0.05) is 36.1 Å². The summed E-state index contributed by atoms with van der Waals surface area (Å²) in [6.07, 6.45) is 2.68. The van der Waals surface area contributed by atoms with Crippen molar-refractivity contribution in [3.05, 3.63) is 71.0 Å². The third kappa shape index (κ3) is 5.78. The Labute approximate surface area is 204 Å². The molecule has 0 bridgehead atoms. The van der Waals surface area contributed by atoms with Gasteiger partial charge in [-0.2, -0.15) is 0 Å². The number of nitrogens with zero attached hydrogens (tertiary/aromatic N) is 5. The third-order valence-corrected chi connectivity index (χ3v) is 7.68. The highest BCUT2D eigenvalue weighted by molar-refractivity contribution is 7.99. The molecule has 33 heavy (non-hydrogen) atoms. The van der Waals surface area contributed by atoms with Gasteiger partial charge in [0.1, 0.15) is 0 Å². The van der Waals surface area contributed by atoms with Crippen LogP contribution in [0.4, 0.5) is 0 Å². The summed E-state index contributed by atoms with van der Waals surface area (Å²) >= 11 is 8.11. The molecule has 0 saturated carbocycles. The number of aromatic nitrogens is 3. The number of halogens is 1. The van der Waals surface area contributed by atoms with Gasteiger partial charge in [0.05, 0.1) is 19.3 Å². The molecule has 1 aromatic heterocycles. The number of rotatable bonds is 8. The van der Waals surface area contributed by atoms with Crippen molar-refractivity contribution in [2.45, 2.75) is 37.2 Å². The van der Waals surface area contributed by atoms with E-state index in [0.717, 1.165) is 73.3 Å². The number of benzene rings is 2. The SMILES string of the molecule is Clc1ccccc1CN1CCO[C@@H](CSc2nnc(CN3CCCC3)n2-c2ccccc2)C1. The first kappa shape index (κ1) is 22.9. The normalized spacial score (nSPS) is 19.8. The summed E-state index contributed by atoms with van der Waals surface area (Å²) in [5, 5.41) is 10.9. The molecule has 2 aromatic carbocycles. The molecular weight excluding hydrogens is 454 g/mol. The predicted octanol–water partition coefficient (Wildman–Crippen LogP) is 4.51. The van der Waals surface area contributed by atoms with Crippen LogP contribution in [0.3, 0.4) is 0 Å². The lowest BCUT2D eigenvalue weighted by Gasteiger charge is -2.33. The van der Waals surface area contributed by atoms with Crippen LogP contribution in [0.25, 0.3) is 5.69 Å². The van der Waals surface area contributed by atoms with Gasteiger partial charge in [0.25, 0.3) is 0 Å². The van der Waals surface area contributed by atoms with E-state index in [1.807, 2.05) is 24.3 Å². The van der Waals surface area contributed by atoms with Crippen LogP contribution in [-0.2, 0) is 17.8 Å². The molecule has 0 spiro atoms. The number of ether oxygens (including phenoxy) is 1. The van der Waals surface area contributed by atoms with Gasteiger partial charge < -0.3 is 4.74 Å². The van der Waals surface area contributed by atoms with E-state index in [0.29, 0.717) is 0 Å². The van der Waals surface area contributed by atoms with Gasteiger partial charge in [-0.25, -0.2) is 0 Å². The van der Waals surface area contributed by atoms with Gasteiger partial charge >= 0.3 is 0 Å². The lowest BCUT2D eigenvalue weighted by molar-refractivity contribution is -0.0187. The van der Waals surface area contributed by atoms with Crippen LogP contribution in [0.2, 0.25) is 5.02 Å². The first-order valence-corrected chi connectivity index (χ1v) is 13.0. The maximum absolute atomic E-state index is 6.38. The van der Waals surface area contributed by atoms with Crippen molar-refractivity contribution >= 4 is 23.4 Å². The quantitative estimate of drug-likeness (QED) is 0.439. The van der Waals surface area contributed by atoms with Crippen LogP contribution in [0.1, 0.15) is 24.2 Å². The van der Waals surface area contributed by atoms with E-state index in [2.05, 4.69) is 54.9 Å². The number of hydrogen-bond acceptors (Lipinski definition) is 6. The monoisotopic (exact) mass is 483 g/mol. The van der Waals surface area contributed by atoms with E-state index in [-0.39, 0.29) is 6.10 Å². The number of para-hydroxylation sites is 1. The minimum atomic E-state index is 0.147. The number of thioether (sulfide) groups is 1.